The van der Waals surface area contributed by atoms with Crippen LogP contribution in [-0.4, -0.2) is 35.0 Å². The average Bonchev–Trinajstić information content (AvgIpc) is 2.35. The standard InChI is InChI=1S/C17H27NO3/c1-2-3-18(11-16(20)21)15(19)10-17-7-12-4-13(8-17)6-14(5-12)9-17/h12-14H,2-11H2,1H3,(H,20,21). The largest absolute Gasteiger partial charge is 0.480 e. The molecule has 4 nitrogen and oxygen atoms in total. The van der Waals surface area contributed by atoms with Gasteiger partial charge < -0.3 is 10.0 Å². The summed E-state index contributed by atoms with van der Waals surface area (Å²) in [6, 6.07) is 0. The van der Waals surface area contributed by atoms with Crippen molar-refractivity contribution < 1.29 is 14.7 Å². The molecule has 4 saturated carbocycles. The molecule has 0 aromatic rings. The molecular weight excluding hydrogens is 266 g/mol. The van der Waals surface area contributed by atoms with E-state index in [0.29, 0.717) is 13.0 Å². The first-order valence-electron chi connectivity index (χ1n) is 8.49. The first-order valence-corrected chi connectivity index (χ1v) is 8.49. The molecule has 0 saturated heterocycles. The van der Waals surface area contributed by atoms with Gasteiger partial charge in [-0.25, -0.2) is 0 Å². The summed E-state index contributed by atoms with van der Waals surface area (Å²) in [5.41, 5.74) is 0.205. The third kappa shape index (κ3) is 3.09. The number of rotatable bonds is 6. The quantitative estimate of drug-likeness (QED) is 0.819. The number of amides is 1. The number of carboxylic acid groups (broad SMARTS) is 1. The molecule has 0 aliphatic heterocycles. The van der Waals surface area contributed by atoms with Crippen LogP contribution in [0.15, 0.2) is 0 Å². The third-order valence-corrected chi connectivity index (χ3v) is 5.86. The topological polar surface area (TPSA) is 57.6 Å². The summed E-state index contributed by atoms with van der Waals surface area (Å²) >= 11 is 0. The Kier molecular flexibility index (Phi) is 3.98. The van der Waals surface area contributed by atoms with Gasteiger partial charge in [0.25, 0.3) is 0 Å². The van der Waals surface area contributed by atoms with Crippen LogP contribution < -0.4 is 0 Å². The van der Waals surface area contributed by atoms with Gasteiger partial charge in [-0.2, -0.15) is 0 Å². The van der Waals surface area contributed by atoms with E-state index in [4.69, 9.17) is 5.11 Å². The van der Waals surface area contributed by atoms with Crippen LogP contribution in [-0.2, 0) is 9.59 Å². The van der Waals surface area contributed by atoms with E-state index in [1.807, 2.05) is 6.92 Å². The van der Waals surface area contributed by atoms with E-state index in [2.05, 4.69) is 0 Å². The molecule has 4 heteroatoms. The first kappa shape index (κ1) is 14.9. The van der Waals surface area contributed by atoms with Gasteiger partial charge in [0.05, 0.1) is 0 Å². The zero-order valence-corrected chi connectivity index (χ0v) is 13.0. The fraction of sp³-hybridized carbons (Fsp3) is 0.882. The Morgan fingerprint density at radius 3 is 2.05 bits per heavy atom. The fourth-order valence-corrected chi connectivity index (χ4v) is 5.66. The SMILES string of the molecule is CCCN(CC(=O)O)C(=O)CC12CC3CC(CC(C3)C1)C2. The van der Waals surface area contributed by atoms with Crippen molar-refractivity contribution in [2.45, 2.75) is 58.3 Å². The van der Waals surface area contributed by atoms with Crippen molar-refractivity contribution in [2.24, 2.45) is 23.2 Å². The second kappa shape index (κ2) is 5.62. The molecule has 118 valence electrons. The number of hydrogen-bond donors (Lipinski definition) is 1. The molecule has 21 heavy (non-hydrogen) atoms. The summed E-state index contributed by atoms with van der Waals surface area (Å²) < 4.78 is 0. The summed E-state index contributed by atoms with van der Waals surface area (Å²) in [6.45, 7) is 2.42. The van der Waals surface area contributed by atoms with Gasteiger partial charge in [-0.05, 0) is 68.1 Å². The van der Waals surface area contributed by atoms with Crippen LogP contribution in [0.3, 0.4) is 0 Å². The lowest BCUT2D eigenvalue weighted by Gasteiger charge is -2.57. The number of nitrogens with zero attached hydrogens (tertiary/aromatic N) is 1. The smallest absolute Gasteiger partial charge is 0.323 e. The van der Waals surface area contributed by atoms with Crippen molar-refractivity contribution in [3.05, 3.63) is 0 Å². The maximum Gasteiger partial charge on any atom is 0.323 e. The molecule has 1 N–H and O–H groups in total. The first-order chi connectivity index (χ1) is 9.99. The molecular formula is C17H27NO3. The lowest BCUT2D eigenvalue weighted by atomic mass is 9.49. The minimum Gasteiger partial charge on any atom is -0.480 e. The van der Waals surface area contributed by atoms with Crippen molar-refractivity contribution >= 4 is 11.9 Å². The summed E-state index contributed by atoms with van der Waals surface area (Å²) in [4.78, 5) is 25.1. The minimum atomic E-state index is -0.901. The molecule has 4 rings (SSSR count). The Hall–Kier alpha value is -1.06. The monoisotopic (exact) mass is 293 g/mol. The maximum atomic E-state index is 12.6. The third-order valence-electron chi connectivity index (χ3n) is 5.86. The highest BCUT2D eigenvalue weighted by Crippen LogP contribution is 2.61. The van der Waals surface area contributed by atoms with Gasteiger partial charge in [0.1, 0.15) is 6.54 Å². The normalized spacial score (nSPS) is 36.7. The summed E-state index contributed by atoms with van der Waals surface area (Å²) in [5.74, 6) is 1.68. The van der Waals surface area contributed by atoms with Crippen LogP contribution in [0.5, 0.6) is 0 Å². The minimum absolute atomic E-state index is 0.0706. The molecule has 4 aliphatic carbocycles. The number of carbonyl (C=O) groups is 2. The van der Waals surface area contributed by atoms with Gasteiger partial charge >= 0.3 is 5.97 Å². The summed E-state index contributed by atoms with van der Waals surface area (Å²) in [5, 5.41) is 9.00. The molecule has 4 fully saturated rings. The van der Waals surface area contributed by atoms with Gasteiger partial charge in [0.15, 0.2) is 0 Å². The van der Waals surface area contributed by atoms with E-state index in [9.17, 15) is 9.59 Å². The fourth-order valence-electron chi connectivity index (χ4n) is 5.66. The number of hydrogen-bond acceptors (Lipinski definition) is 2. The predicted molar refractivity (Wildman–Crippen MR) is 79.7 cm³/mol. The number of aliphatic carboxylic acids is 1. The highest BCUT2D eigenvalue weighted by molar-refractivity contribution is 5.81. The molecule has 0 heterocycles. The summed E-state index contributed by atoms with van der Waals surface area (Å²) in [6.07, 6.45) is 9.15. The predicted octanol–water partition coefficient (Wildman–Crippen LogP) is 2.92. The second-order valence-corrected chi connectivity index (χ2v) is 7.80. The van der Waals surface area contributed by atoms with E-state index in [-0.39, 0.29) is 17.9 Å². The van der Waals surface area contributed by atoms with Crippen molar-refractivity contribution in [3.63, 3.8) is 0 Å². The Balaban J connectivity index is 1.67. The van der Waals surface area contributed by atoms with Crippen molar-refractivity contribution in [1.29, 1.82) is 0 Å². The zero-order valence-electron chi connectivity index (χ0n) is 13.0. The number of carboxylic acids is 1. The lowest BCUT2D eigenvalue weighted by molar-refractivity contribution is -0.148. The Bertz CT molecular complexity index is 396. The molecule has 0 aromatic carbocycles. The van der Waals surface area contributed by atoms with Gasteiger partial charge in [0.2, 0.25) is 5.91 Å². The zero-order chi connectivity index (χ0) is 15.0. The van der Waals surface area contributed by atoms with E-state index >= 15 is 0 Å². The molecule has 0 spiro atoms. The molecule has 0 atom stereocenters. The van der Waals surface area contributed by atoms with Gasteiger partial charge in [-0.3, -0.25) is 9.59 Å². The highest BCUT2D eigenvalue weighted by Gasteiger charge is 2.51. The van der Waals surface area contributed by atoms with E-state index in [1.165, 1.54) is 38.5 Å². The molecule has 0 radical (unpaired) electrons. The Morgan fingerprint density at radius 1 is 1.10 bits per heavy atom. The van der Waals surface area contributed by atoms with Crippen LogP contribution in [0.2, 0.25) is 0 Å². The Morgan fingerprint density at radius 2 is 1.62 bits per heavy atom. The number of carbonyl (C=O) groups excluding carboxylic acids is 1. The van der Waals surface area contributed by atoms with Crippen LogP contribution in [0.1, 0.15) is 58.3 Å². The van der Waals surface area contributed by atoms with Crippen LogP contribution in [0.25, 0.3) is 0 Å². The molecule has 1 amide bonds. The van der Waals surface area contributed by atoms with E-state index < -0.39 is 5.97 Å². The van der Waals surface area contributed by atoms with Crippen molar-refractivity contribution in [3.8, 4) is 0 Å². The molecule has 4 aliphatic rings. The summed E-state index contributed by atoms with van der Waals surface area (Å²) in [7, 11) is 0. The maximum absolute atomic E-state index is 12.6. The van der Waals surface area contributed by atoms with Crippen LogP contribution in [0, 0.1) is 23.2 Å². The van der Waals surface area contributed by atoms with Crippen molar-refractivity contribution in [2.75, 3.05) is 13.1 Å². The van der Waals surface area contributed by atoms with Crippen molar-refractivity contribution in [1.82, 2.24) is 4.90 Å². The average molecular weight is 293 g/mol. The van der Waals surface area contributed by atoms with Gasteiger partial charge in [-0.15, -0.1) is 0 Å². The molecule has 0 unspecified atom stereocenters. The van der Waals surface area contributed by atoms with Crippen LogP contribution >= 0.6 is 0 Å². The van der Waals surface area contributed by atoms with E-state index in [0.717, 1.165) is 24.2 Å². The molecule has 4 bridgehead atoms. The van der Waals surface area contributed by atoms with Crippen LogP contribution in [0.4, 0.5) is 0 Å². The lowest BCUT2D eigenvalue weighted by Crippen LogP contribution is -2.49. The van der Waals surface area contributed by atoms with E-state index in [1.54, 1.807) is 4.90 Å². The Labute approximate surface area is 126 Å². The second-order valence-electron chi connectivity index (χ2n) is 7.80. The van der Waals surface area contributed by atoms with Gasteiger partial charge in [-0.1, -0.05) is 6.92 Å². The highest BCUT2D eigenvalue weighted by atomic mass is 16.4. The van der Waals surface area contributed by atoms with Gasteiger partial charge in [0, 0.05) is 13.0 Å². The molecule has 0 aromatic heterocycles.